The predicted molar refractivity (Wildman–Crippen MR) is 75.2 cm³/mol. The molecular weight excluding hydrogens is 244 g/mol. The van der Waals surface area contributed by atoms with Gasteiger partial charge in [-0.25, -0.2) is 0 Å². The van der Waals surface area contributed by atoms with E-state index >= 15 is 0 Å². The Bertz CT molecular complexity index is 614. The number of benzene rings is 2. The number of hydrogen-bond acceptors (Lipinski definition) is 1. The van der Waals surface area contributed by atoms with E-state index in [9.17, 15) is 0 Å². The van der Waals surface area contributed by atoms with Crippen LogP contribution in [0.5, 0.6) is 5.75 Å². The van der Waals surface area contributed by atoms with Crippen LogP contribution in [0, 0.1) is 0 Å². The van der Waals surface area contributed by atoms with Gasteiger partial charge in [0.05, 0.1) is 12.1 Å². The molecule has 0 heterocycles. The van der Waals surface area contributed by atoms with E-state index in [-0.39, 0.29) is 0 Å². The van der Waals surface area contributed by atoms with Gasteiger partial charge in [0.2, 0.25) is 0 Å². The van der Waals surface area contributed by atoms with Crippen LogP contribution < -0.4 is 4.74 Å². The minimum Gasteiger partial charge on any atom is -0.495 e. The highest BCUT2D eigenvalue weighted by Crippen LogP contribution is 2.38. The summed E-state index contributed by atoms with van der Waals surface area (Å²) in [5.74, 6) is 0.748. The Kier molecular flexibility index (Phi) is 2.85. The van der Waals surface area contributed by atoms with E-state index in [1.165, 1.54) is 22.3 Å². The zero-order valence-electron chi connectivity index (χ0n) is 10.1. The van der Waals surface area contributed by atoms with Gasteiger partial charge >= 0.3 is 0 Å². The van der Waals surface area contributed by atoms with Crippen molar-refractivity contribution in [1.29, 1.82) is 0 Å². The van der Waals surface area contributed by atoms with Crippen LogP contribution in [0.4, 0.5) is 0 Å². The van der Waals surface area contributed by atoms with Crippen molar-refractivity contribution in [1.82, 2.24) is 0 Å². The zero-order valence-corrected chi connectivity index (χ0v) is 10.9. The van der Waals surface area contributed by atoms with Gasteiger partial charge in [0.1, 0.15) is 5.75 Å². The average Bonchev–Trinajstić information content (AvgIpc) is 2.81. The Balaban J connectivity index is 2.09. The molecule has 0 saturated heterocycles. The number of ether oxygens (including phenoxy) is 1. The molecule has 0 unspecified atom stereocenters. The first-order chi connectivity index (χ1) is 8.79. The van der Waals surface area contributed by atoms with Crippen molar-refractivity contribution < 1.29 is 4.74 Å². The van der Waals surface area contributed by atoms with E-state index in [1.54, 1.807) is 7.11 Å². The molecule has 0 atom stereocenters. The summed E-state index contributed by atoms with van der Waals surface area (Å²) >= 11 is 6.21. The summed E-state index contributed by atoms with van der Waals surface area (Å²) in [7, 11) is 1.65. The quantitative estimate of drug-likeness (QED) is 0.777. The molecule has 1 nitrogen and oxygen atoms in total. The van der Waals surface area contributed by atoms with E-state index in [0.717, 1.165) is 12.2 Å². The monoisotopic (exact) mass is 256 g/mol. The normalized spacial score (nSPS) is 13.1. The molecular formula is C16H13ClO. The number of fused-ring (bicyclic) bond motifs is 1. The Hall–Kier alpha value is -1.73. The van der Waals surface area contributed by atoms with Gasteiger partial charge in [-0.1, -0.05) is 48.0 Å². The molecule has 0 N–H and O–H groups in total. The van der Waals surface area contributed by atoms with Gasteiger partial charge in [0, 0.05) is 0 Å². The van der Waals surface area contributed by atoms with Gasteiger partial charge in [-0.2, -0.15) is 0 Å². The molecule has 0 spiro atoms. The lowest BCUT2D eigenvalue weighted by Gasteiger charge is -2.10. The third kappa shape index (κ3) is 1.81. The predicted octanol–water partition coefficient (Wildman–Crippen LogP) is 4.34. The molecule has 0 aliphatic heterocycles. The van der Waals surface area contributed by atoms with Gasteiger partial charge in [-0.15, -0.1) is 0 Å². The van der Waals surface area contributed by atoms with Crippen molar-refractivity contribution in [2.45, 2.75) is 6.42 Å². The Morgan fingerprint density at radius 1 is 1.11 bits per heavy atom. The first-order valence-corrected chi connectivity index (χ1v) is 6.30. The third-order valence-corrected chi connectivity index (χ3v) is 3.57. The van der Waals surface area contributed by atoms with Crippen LogP contribution in [0.15, 0.2) is 48.5 Å². The number of rotatable bonds is 2. The minimum absolute atomic E-state index is 0.667. The van der Waals surface area contributed by atoms with Gasteiger partial charge in [0.25, 0.3) is 0 Å². The highest BCUT2D eigenvalue weighted by Gasteiger charge is 2.18. The van der Waals surface area contributed by atoms with E-state index in [4.69, 9.17) is 16.3 Å². The average molecular weight is 257 g/mol. The summed E-state index contributed by atoms with van der Waals surface area (Å²) in [6.45, 7) is 0. The van der Waals surface area contributed by atoms with Crippen molar-refractivity contribution in [2.24, 2.45) is 0 Å². The van der Waals surface area contributed by atoms with Gasteiger partial charge < -0.3 is 4.74 Å². The first kappa shape index (κ1) is 11.4. The standard InChI is InChI=1S/C16H13ClO/c1-18-16-9-12-7-8-13(14(12)10-15(16)17)11-5-3-2-4-6-11/h2-6,8-10H,7H2,1H3. The van der Waals surface area contributed by atoms with Gasteiger partial charge in [-0.05, 0) is 40.8 Å². The van der Waals surface area contributed by atoms with Crippen LogP contribution in [-0.4, -0.2) is 7.11 Å². The summed E-state index contributed by atoms with van der Waals surface area (Å²) in [4.78, 5) is 0. The maximum absolute atomic E-state index is 6.21. The summed E-state index contributed by atoms with van der Waals surface area (Å²) in [5.41, 5.74) is 4.98. The Morgan fingerprint density at radius 2 is 1.89 bits per heavy atom. The van der Waals surface area contributed by atoms with Crippen LogP contribution in [0.1, 0.15) is 16.7 Å². The molecule has 2 heteroatoms. The Labute approximate surface area is 112 Å². The maximum Gasteiger partial charge on any atom is 0.137 e. The lowest BCUT2D eigenvalue weighted by Crippen LogP contribution is -1.91. The first-order valence-electron chi connectivity index (χ1n) is 5.92. The van der Waals surface area contributed by atoms with Crippen LogP contribution in [0.25, 0.3) is 5.57 Å². The van der Waals surface area contributed by atoms with Crippen molar-refractivity contribution >= 4 is 17.2 Å². The minimum atomic E-state index is 0.667. The van der Waals surface area contributed by atoms with Crippen LogP contribution >= 0.6 is 11.6 Å². The number of halogens is 1. The molecule has 1 aliphatic rings. The van der Waals surface area contributed by atoms with Crippen LogP contribution in [0.3, 0.4) is 0 Å². The topological polar surface area (TPSA) is 9.23 Å². The number of allylic oxidation sites excluding steroid dienone is 1. The van der Waals surface area contributed by atoms with Crippen molar-refractivity contribution in [3.63, 3.8) is 0 Å². The van der Waals surface area contributed by atoms with Gasteiger partial charge in [-0.3, -0.25) is 0 Å². The van der Waals surface area contributed by atoms with Crippen LogP contribution in [0.2, 0.25) is 5.02 Å². The van der Waals surface area contributed by atoms with E-state index in [0.29, 0.717) is 5.02 Å². The molecule has 90 valence electrons. The molecule has 0 aromatic heterocycles. The van der Waals surface area contributed by atoms with E-state index in [1.807, 2.05) is 18.2 Å². The molecule has 0 saturated carbocycles. The van der Waals surface area contributed by atoms with E-state index < -0.39 is 0 Å². The second kappa shape index (κ2) is 4.51. The largest absolute Gasteiger partial charge is 0.495 e. The molecule has 0 bridgehead atoms. The molecule has 0 fully saturated rings. The van der Waals surface area contributed by atoms with Crippen LogP contribution in [-0.2, 0) is 6.42 Å². The zero-order chi connectivity index (χ0) is 12.5. The fraction of sp³-hybridized carbons (Fsp3) is 0.125. The lowest BCUT2D eigenvalue weighted by atomic mass is 9.99. The third-order valence-electron chi connectivity index (χ3n) is 3.28. The lowest BCUT2D eigenvalue weighted by molar-refractivity contribution is 0.414. The van der Waals surface area contributed by atoms with Gasteiger partial charge in [0.15, 0.2) is 0 Å². The second-order valence-electron chi connectivity index (χ2n) is 4.33. The molecule has 2 aromatic carbocycles. The summed E-state index contributed by atoms with van der Waals surface area (Å²) in [6.07, 6.45) is 3.18. The highest BCUT2D eigenvalue weighted by molar-refractivity contribution is 6.32. The van der Waals surface area contributed by atoms with Crippen molar-refractivity contribution in [2.75, 3.05) is 7.11 Å². The molecule has 0 amide bonds. The molecule has 0 radical (unpaired) electrons. The highest BCUT2D eigenvalue weighted by atomic mass is 35.5. The molecule has 18 heavy (non-hydrogen) atoms. The summed E-state index contributed by atoms with van der Waals surface area (Å²) < 4.78 is 5.26. The molecule has 1 aliphatic carbocycles. The summed E-state index contributed by atoms with van der Waals surface area (Å²) in [6, 6.07) is 14.4. The second-order valence-corrected chi connectivity index (χ2v) is 4.74. The fourth-order valence-corrected chi connectivity index (χ4v) is 2.63. The molecule has 2 aromatic rings. The maximum atomic E-state index is 6.21. The summed E-state index contributed by atoms with van der Waals surface area (Å²) in [5, 5.41) is 0.667. The SMILES string of the molecule is COc1cc2c(cc1Cl)C(c1ccccc1)=CC2. The smallest absolute Gasteiger partial charge is 0.137 e. The Morgan fingerprint density at radius 3 is 2.61 bits per heavy atom. The van der Waals surface area contributed by atoms with E-state index in [2.05, 4.69) is 30.3 Å². The van der Waals surface area contributed by atoms with Crippen molar-refractivity contribution in [3.05, 3.63) is 70.3 Å². The molecule has 3 rings (SSSR count). The van der Waals surface area contributed by atoms with Crippen molar-refractivity contribution in [3.8, 4) is 5.75 Å². The number of hydrogen-bond donors (Lipinski definition) is 0. The fourth-order valence-electron chi connectivity index (χ4n) is 2.38. The number of methoxy groups -OCH3 is 1.